The van der Waals surface area contributed by atoms with Crippen LogP contribution in [0.4, 0.5) is 0 Å². The van der Waals surface area contributed by atoms with Crippen LogP contribution in [0.15, 0.2) is 24.3 Å². The lowest BCUT2D eigenvalue weighted by Crippen LogP contribution is -2.44. The molecule has 160 valence electrons. The summed E-state index contributed by atoms with van der Waals surface area (Å²) in [5, 5.41) is 19.1. The summed E-state index contributed by atoms with van der Waals surface area (Å²) in [6.07, 6.45) is 7.19. The van der Waals surface area contributed by atoms with Crippen LogP contribution in [0.1, 0.15) is 55.3 Å². The minimum atomic E-state index is -0.111. The Morgan fingerprint density at radius 2 is 1.83 bits per heavy atom. The first-order chi connectivity index (χ1) is 13.9. The molecule has 6 nitrogen and oxygen atoms in total. The molecular weight excluding hydrogens is 368 g/mol. The number of piperidine rings is 1. The molecule has 1 aromatic carbocycles. The SMILES string of the molecule is CN(C[C@@H]1CC2(CCN(C(=O)c3ccc(O)cc3)CC2)CO1)C1CCC(O)CC1. The average molecular weight is 403 g/mol. The molecule has 1 atom stereocenters. The van der Waals surface area contributed by atoms with Crippen molar-refractivity contribution in [1.29, 1.82) is 0 Å². The first kappa shape index (κ1) is 20.6. The zero-order valence-corrected chi connectivity index (χ0v) is 17.4. The number of nitrogens with zero attached hydrogens (tertiary/aromatic N) is 2. The van der Waals surface area contributed by atoms with Gasteiger partial charge in [-0.05, 0) is 81.7 Å². The molecule has 0 radical (unpaired) electrons. The summed E-state index contributed by atoms with van der Waals surface area (Å²) in [5.41, 5.74) is 0.846. The minimum Gasteiger partial charge on any atom is -0.508 e. The highest BCUT2D eigenvalue weighted by Crippen LogP contribution is 2.42. The summed E-state index contributed by atoms with van der Waals surface area (Å²) in [5.74, 6) is 0.234. The van der Waals surface area contributed by atoms with Crippen LogP contribution in [0, 0.1) is 5.41 Å². The molecule has 29 heavy (non-hydrogen) atoms. The normalized spacial score (nSPS) is 29.5. The van der Waals surface area contributed by atoms with Crippen molar-refractivity contribution < 1.29 is 19.7 Å². The molecule has 2 heterocycles. The number of aliphatic hydroxyl groups excluding tert-OH is 1. The summed E-state index contributed by atoms with van der Waals surface area (Å²) in [4.78, 5) is 17.1. The maximum Gasteiger partial charge on any atom is 0.253 e. The Morgan fingerprint density at radius 1 is 1.17 bits per heavy atom. The van der Waals surface area contributed by atoms with Crippen molar-refractivity contribution in [3.05, 3.63) is 29.8 Å². The Morgan fingerprint density at radius 3 is 2.48 bits per heavy atom. The summed E-state index contributed by atoms with van der Waals surface area (Å²) in [6.45, 7) is 3.30. The highest BCUT2D eigenvalue weighted by molar-refractivity contribution is 5.94. The van der Waals surface area contributed by atoms with Crippen LogP contribution >= 0.6 is 0 Å². The Bertz CT molecular complexity index is 691. The van der Waals surface area contributed by atoms with Crippen LogP contribution in [0.3, 0.4) is 0 Å². The molecule has 3 aliphatic rings. The third-order valence-electron chi connectivity index (χ3n) is 7.29. The first-order valence-electron chi connectivity index (χ1n) is 11.0. The first-order valence-corrected chi connectivity index (χ1v) is 11.0. The minimum absolute atomic E-state index is 0.0505. The van der Waals surface area contributed by atoms with Crippen LogP contribution in [-0.2, 0) is 4.74 Å². The lowest BCUT2D eigenvalue weighted by Gasteiger charge is -2.39. The molecule has 3 fully saturated rings. The van der Waals surface area contributed by atoms with Crippen LogP contribution in [0.5, 0.6) is 5.75 Å². The average Bonchev–Trinajstić information content (AvgIpc) is 3.11. The molecule has 2 N–H and O–H groups in total. The number of phenolic OH excluding ortho intramolecular Hbond substituents is 1. The highest BCUT2D eigenvalue weighted by atomic mass is 16.5. The molecule has 2 saturated heterocycles. The van der Waals surface area contributed by atoms with Crippen molar-refractivity contribution in [3.63, 3.8) is 0 Å². The van der Waals surface area contributed by atoms with Gasteiger partial charge in [-0.25, -0.2) is 0 Å². The second-order valence-corrected chi connectivity index (χ2v) is 9.38. The zero-order valence-electron chi connectivity index (χ0n) is 17.4. The maximum absolute atomic E-state index is 12.7. The standard InChI is InChI=1S/C23H34N2O4/c1-24(18-4-8-20(27)9-5-18)15-21-14-23(16-29-21)10-12-25(13-11-23)22(28)17-2-6-19(26)7-3-17/h2-3,6-7,18,20-21,26-27H,4-5,8-16H2,1H3/t18?,20?,21-/m0/s1. The van der Waals surface area contributed by atoms with E-state index in [-0.39, 0.29) is 29.3 Å². The Hall–Kier alpha value is -1.63. The lowest BCUT2D eigenvalue weighted by atomic mass is 9.76. The molecule has 2 aliphatic heterocycles. The van der Waals surface area contributed by atoms with Crippen LogP contribution in [0.25, 0.3) is 0 Å². The van der Waals surface area contributed by atoms with E-state index >= 15 is 0 Å². The molecule has 1 aliphatic carbocycles. The van der Waals surface area contributed by atoms with Crippen molar-refractivity contribution in [3.8, 4) is 5.75 Å². The van der Waals surface area contributed by atoms with Gasteiger partial charge in [-0.3, -0.25) is 4.79 Å². The van der Waals surface area contributed by atoms with Gasteiger partial charge >= 0.3 is 0 Å². The summed E-state index contributed by atoms with van der Waals surface area (Å²) >= 11 is 0. The summed E-state index contributed by atoms with van der Waals surface area (Å²) < 4.78 is 6.20. The van der Waals surface area contributed by atoms with Gasteiger partial charge in [0.1, 0.15) is 5.75 Å². The van der Waals surface area contributed by atoms with Gasteiger partial charge in [0.15, 0.2) is 0 Å². The molecule has 0 unspecified atom stereocenters. The van der Waals surface area contributed by atoms with Crippen molar-refractivity contribution in [2.24, 2.45) is 5.41 Å². The fourth-order valence-electron chi connectivity index (χ4n) is 5.30. The summed E-state index contributed by atoms with van der Waals surface area (Å²) in [7, 11) is 2.19. The molecule has 6 heteroatoms. The van der Waals surface area contributed by atoms with E-state index in [4.69, 9.17) is 4.74 Å². The number of phenols is 1. The third kappa shape index (κ3) is 4.76. The van der Waals surface area contributed by atoms with E-state index in [1.165, 1.54) is 0 Å². The van der Waals surface area contributed by atoms with Gasteiger partial charge in [-0.15, -0.1) is 0 Å². The van der Waals surface area contributed by atoms with Gasteiger partial charge in [-0.2, -0.15) is 0 Å². The number of ether oxygens (including phenoxy) is 1. The smallest absolute Gasteiger partial charge is 0.253 e. The molecule has 1 saturated carbocycles. The number of aromatic hydroxyl groups is 1. The quantitative estimate of drug-likeness (QED) is 0.810. The maximum atomic E-state index is 12.7. The number of aliphatic hydroxyl groups is 1. The Kier molecular flexibility index (Phi) is 6.13. The van der Waals surface area contributed by atoms with Crippen molar-refractivity contribution in [1.82, 2.24) is 9.80 Å². The fraction of sp³-hybridized carbons (Fsp3) is 0.696. The van der Waals surface area contributed by atoms with Gasteiger partial charge in [0, 0.05) is 31.2 Å². The zero-order chi connectivity index (χ0) is 20.4. The molecule has 1 spiro atoms. The monoisotopic (exact) mass is 402 g/mol. The predicted molar refractivity (Wildman–Crippen MR) is 111 cm³/mol. The van der Waals surface area contributed by atoms with Crippen LogP contribution in [0.2, 0.25) is 0 Å². The number of rotatable bonds is 4. The van der Waals surface area contributed by atoms with Gasteiger partial charge in [-0.1, -0.05) is 0 Å². The topological polar surface area (TPSA) is 73.2 Å². The number of benzene rings is 1. The van der Waals surface area contributed by atoms with Gasteiger partial charge in [0.2, 0.25) is 0 Å². The third-order valence-corrected chi connectivity index (χ3v) is 7.29. The number of likely N-dealkylation sites (N-methyl/N-ethyl adjacent to an activating group) is 1. The molecule has 1 aromatic rings. The number of carbonyl (C=O) groups excluding carboxylic acids is 1. The van der Waals surface area contributed by atoms with Crippen LogP contribution < -0.4 is 0 Å². The Labute approximate surface area is 173 Å². The number of carbonyl (C=O) groups is 1. The van der Waals surface area contributed by atoms with Gasteiger partial charge in [0.05, 0.1) is 18.8 Å². The van der Waals surface area contributed by atoms with E-state index in [2.05, 4.69) is 11.9 Å². The largest absolute Gasteiger partial charge is 0.508 e. The van der Waals surface area contributed by atoms with E-state index in [0.29, 0.717) is 11.6 Å². The molecule has 0 bridgehead atoms. The van der Waals surface area contributed by atoms with E-state index in [1.54, 1.807) is 24.3 Å². The molecule has 1 amide bonds. The van der Waals surface area contributed by atoms with Gasteiger partial charge < -0.3 is 24.7 Å². The van der Waals surface area contributed by atoms with Crippen molar-refractivity contribution >= 4 is 5.91 Å². The van der Waals surface area contributed by atoms with Crippen molar-refractivity contribution in [2.75, 3.05) is 33.3 Å². The number of amides is 1. The van der Waals surface area contributed by atoms with E-state index < -0.39 is 0 Å². The molecular formula is C23H34N2O4. The van der Waals surface area contributed by atoms with E-state index in [9.17, 15) is 15.0 Å². The van der Waals surface area contributed by atoms with Crippen molar-refractivity contribution in [2.45, 2.75) is 63.2 Å². The van der Waals surface area contributed by atoms with Gasteiger partial charge in [0.25, 0.3) is 5.91 Å². The number of hydrogen-bond donors (Lipinski definition) is 2. The second-order valence-electron chi connectivity index (χ2n) is 9.38. The highest BCUT2D eigenvalue weighted by Gasteiger charge is 2.43. The van der Waals surface area contributed by atoms with E-state index in [1.807, 2.05) is 4.90 Å². The fourth-order valence-corrected chi connectivity index (χ4v) is 5.30. The van der Waals surface area contributed by atoms with Crippen LogP contribution in [-0.4, -0.2) is 77.5 Å². The lowest BCUT2D eigenvalue weighted by molar-refractivity contribution is 0.0336. The number of likely N-dealkylation sites (tertiary alicyclic amines) is 1. The van der Waals surface area contributed by atoms with E-state index in [0.717, 1.165) is 71.2 Å². The molecule has 0 aromatic heterocycles. The molecule has 4 rings (SSSR count). The predicted octanol–water partition coefficient (Wildman–Crippen LogP) is 2.64. The second kappa shape index (κ2) is 8.62. The summed E-state index contributed by atoms with van der Waals surface area (Å²) in [6, 6.07) is 7.08. The Balaban J connectivity index is 1.26. The number of hydrogen-bond acceptors (Lipinski definition) is 5.